The third kappa shape index (κ3) is 6.33. The minimum Gasteiger partial charge on any atom is -0.458 e. The summed E-state index contributed by atoms with van der Waals surface area (Å²) in [4.78, 5) is 30.4. The average Bonchev–Trinajstić information content (AvgIpc) is 3.19. The molecule has 2 saturated heterocycles. The summed E-state index contributed by atoms with van der Waals surface area (Å²) in [5.41, 5.74) is -0.684. The van der Waals surface area contributed by atoms with Crippen molar-refractivity contribution in [2.45, 2.75) is 104 Å². The van der Waals surface area contributed by atoms with Crippen LogP contribution in [-0.4, -0.2) is 57.0 Å². The monoisotopic (exact) mass is 493 g/mol. The second kappa shape index (κ2) is 10.6. The highest BCUT2D eigenvalue weighted by atomic mass is 32.1. The molecule has 3 rings (SSSR count). The number of esters is 1. The highest BCUT2D eigenvalue weighted by molar-refractivity contribution is 7.09. The molecule has 1 aromatic heterocycles. The molecule has 0 aliphatic carbocycles. The van der Waals surface area contributed by atoms with Crippen molar-refractivity contribution in [3.05, 3.63) is 22.2 Å². The SMILES string of the molecule is Cc1nc(/C=C/C2CC3OC3(C)CCCC(C)C(O)C(C)C(=O)C(C)(C)C(O)CC(=O)O2)cs1. The molecule has 3 heterocycles. The minimum absolute atomic E-state index is 0.0397. The second-order valence-electron chi connectivity index (χ2n) is 10.8. The van der Waals surface area contributed by atoms with Crippen LogP contribution in [0, 0.1) is 24.2 Å². The minimum atomic E-state index is -1.22. The summed E-state index contributed by atoms with van der Waals surface area (Å²) in [5, 5.41) is 24.5. The van der Waals surface area contributed by atoms with Gasteiger partial charge in [0.2, 0.25) is 0 Å². The number of carbonyl (C=O) groups excluding carboxylic acids is 2. The summed E-state index contributed by atoms with van der Waals surface area (Å²) in [6.07, 6.45) is 3.72. The Morgan fingerprint density at radius 3 is 2.56 bits per heavy atom. The standard InChI is InChI=1S/C26H39NO6S/c1-15-8-7-11-26(6)21(33-26)12-19(10-9-18-14-34-17(3)27-18)32-22(29)13-20(28)25(4,5)24(31)16(2)23(15)30/h9-10,14-16,19-21,23,28,30H,7-8,11-13H2,1-6H3/b10-9+. The molecule has 2 aliphatic heterocycles. The molecule has 1 aromatic rings. The lowest BCUT2D eigenvalue weighted by atomic mass is 9.73. The maximum Gasteiger partial charge on any atom is 0.309 e. The van der Waals surface area contributed by atoms with Crippen LogP contribution in [0.1, 0.15) is 77.4 Å². The molecule has 34 heavy (non-hydrogen) atoms. The molecule has 2 fully saturated rings. The first-order chi connectivity index (χ1) is 15.8. The van der Waals surface area contributed by atoms with Crippen molar-refractivity contribution in [1.29, 1.82) is 0 Å². The number of thiazole rings is 1. The van der Waals surface area contributed by atoms with Crippen LogP contribution in [0.2, 0.25) is 0 Å². The lowest BCUT2D eigenvalue weighted by Crippen LogP contribution is -2.45. The van der Waals surface area contributed by atoms with Gasteiger partial charge in [-0.05, 0) is 44.8 Å². The van der Waals surface area contributed by atoms with Crippen LogP contribution in [0.5, 0.6) is 0 Å². The fourth-order valence-corrected chi connectivity index (χ4v) is 5.40. The molecule has 190 valence electrons. The predicted octanol–water partition coefficient (Wildman–Crippen LogP) is 4.09. The maximum absolute atomic E-state index is 13.2. The molecule has 2 N–H and O–H groups in total. The van der Waals surface area contributed by atoms with Crippen molar-refractivity contribution < 1.29 is 29.3 Å². The van der Waals surface area contributed by atoms with Gasteiger partial charge in [-0.15, -0.1) is 11.3 Å². The number of aliphatic hydroxyl groups is 2. The van der Waals surface area contributed by atoms with Crippen molar-refractivity contribution in [1.82, 2.24) is 4.98 Å². The molecular weight excluding hydrogens is 454 g/mol. The van der Waals surface area contributed by atoms with Gasteiger partial charge in [0.1, 0.15) is 11.9 Å². The Kier molecular flexibility index (Phi) is 8.38. The molecule has 0 saturated carbocycles. The Morgan fingerprint density at radius 2 is 1.91 bits per heavy atom. The Hall–Kier alpha value is -1.61. The van der Waals surface area contributed by atoms with E-state index < -0.39 is 35.6 Å². The van der Waals surface area contributed by atoms with E-state index in [1.807, 2.05) is 31.4 Å². The Bertz CT molecular complexity index is 911. The van der Waals surface area contributed by atoms with Crippen LogP contribution in [0.15, 0.2) is 11.5 Å². The summed E-state index contributed by atoms with van der Waals surface area (Å²) in [7, 11) is 0. The summed E-state index contributed by atoms with van der Waals surface area (Å²) in [6.45, 7) is 10.9. The number of ketones is 1. The lowest BCUT2D eigenvalue weighted by molar-refractivity contribution is -0.154. The maximum atomic E-state index is 13.2. The number of hydrogen-bond donors (Lipinski definition) is 2. The van der Waals surface area contributed by atoms with Crippen LogP contribution < -0.4 is 0 Å². The molecule has 2 aliphatic rings. The second-order valence-corrected chi connectivity index (χ2v) is 11.9. The largest absolute Gasteiger partial charge is 0.458 e. The van der Waals surface area contributed by atoms with Crippen LogP contribution in [0.4, 0.5) is 0 Å². The van der Waals surface area contributed by atoms with Crippen molar-refractivity contribution >= 4 is 29.2 Å². The van der Waals surface area contributed by atoms with E-state index in [9.17, 15) is 19.8 Å². The Labute approximate surface area is 206 Å². The molecule has 7 atom stereocenters. The highest BCUT2D eigenvalue weighted by Crippen LogP contribution is 2.44. The molecule has 0 spiro atoms. The summed E-state index contributed by atoms with van der Waals surface area (Å²) in [5.74, 6) is -1.55. The molecular formula is C26H39NO6S. The van der Waals surface area contributed by atoms with Crippen molar-refractivity contribution in [2.24, 2.45) is 17.3 Å². The molecule has 0 amide bonds. The van der Waals surface area contributed by atoms with E-state index in [1.165, 1.54) is 0 Å². The zero-order chi connectivity index (χ0) is 25.3. The summed E-state index contributed by atoms with van der Waals surface area (Å²) < 4.78 is 11.7. The third-order valence-electron chi connectivity index (χ3n) is 7.55. The van der Waals surface area contributed by atoms with E-state index in [2.05, 4.69) is 11.9 Å². The number of rotatable bonds is 2. The van der Waals surface area contributed by atoms with Gasteiger partial charge in [0.25, 0.3) is 0 Å². The number of Topliss-reactive ketones (excluding diaryl/α,β-unsaturated/α-hetero) is 1. The molecule has 0 radical (unpaired) electrons. The van der Waals surface area contributed by atoms with Crippen LogP contribution in [0.25, 0.3) is 6.08 Å². The molecule has 7 unspecified atom stereocenters. The Balaban J connectivity index is 1.81. The zero-order valence-electron chi connectivity index (χ0n) is 21.1. The molecule has 7 nitrogen and oxygen atoms in total. The number of aromatic nitrogens is 1. The normalized spacial score (nSPS) is 37.9. The van der Waals surface area contributed by atoms with Crippen LogP contribution in [0.3, 0.4) is 0 Å². The van der Waals surface area contributed by atoms with Gasteiger partial charge < -0.3 is 19.7 Å². The Morgan fingerprint density at radius 1 is 1.21 bits per heavy atom. The van der Waals surface area contributed by atoms with E-state index in [0.717, 1.165) is 30.0 Å². The van der Waals surface area contributed by atoms with Gasteiger partial charge in [-0.2, -0.15) is 0 Å². The number of fused-ring (bicyclic) bond motifs is 1. The summed E-state index contributed by atoms with van der Waals surface area (Å²) >= 11 is 1.55. The fraction of sp³-hybridized carbons (Fsp3) is 0.731. The number of aryl methyl sites for hydroxylation is 1. The number of ether oxygens (including phenoxy) is 2. The predicted molar refractivity (Wildman–Crippen MR) is 131 cm³/mol. The molecule has 0 aromatic carbocycles. The first-order valence-corrected chi connectivity index (χ1v) is 13.1. The van der Waals surface area contributed by atoms with Crippen molar-refractivity contribution in [3.63, 3.8) is 0 Å². The number of cyclic esters (lactones) is 1. The molecule has 0 bridgehead atoms. The fourth-order valence-electron chi connectivity index (χ4n) is 4.82. The number of hydrogen-bond acceptors (Lipinski definition) is 8. The van der Waals surface area contributed by atoms with Gasteiger partial charge in [-0.1, -0.05) is 34.1 Å². The molecule has 8 heteroatoms. The van der Waals surface area contributed by atoms with Gasteiger partial charge in [0.15, 0.2) is 0 Å². The number of epoxide rings is 1. The van der Waals surface area contributed by atoms with Gasteiger partial charge >= 0.3 is 5.97 Å². The average molecular weight is 494 g/mol. The topological polar surface area (TPSA) is 109 Å². The first-order valence-electron chi connectivity index (χ1n) is 12.2. The lowest BCUT2D eigenvalue weighted by Gasteiger charge is -2.34. The third-order valence-corrected chi connectivity index (χ3v) is 8.34. The van der Waals surface area contributed by atoms with E-state index in [4.69, 9.17) is 9.47 Å². The van der Waals surface area contributed by atoms with E-state index in [-0.39, 0.29) is 29.8 Å². The number of nitrogens with zero attached hydrogens (tertiary/aromatic N) is 1. The quantitative estimate of drug-likeness (QED) is 0.472. The van der Waals surface area contributed by atoms with Crippen molar-refractivity contribution in [3.8, 4) is 0 Å². The first kappa shape index (κ1) is 27.0. The van der Waals surface area contributed by atoms with E-state index in [0.29, 0.717) is 6.42 Å². The van der Waals surface area contributed by atoms with Gasteiger partial charge in [0.05, 0.1) is 46.5 Å². The van der Waals surface area contributed by atoms with Crippen LogP contribution >= 0.6 is 11.3 Å². The van der Waals surface area contributed by atoms with Gasteiger partial charge in [-0.3, -0.25) is 9.59 Å². The van der Waals surface area contributed by atoms with Gasteiger partial charge in [0, 0.05) is 17.7 Å². The van der Waals surface area contributed by atoms with E-state index >= 15 is 0 Å². The van der Waals surface area contributed by atoms with Crippen molar-refractivity contribution in [2.75, 3.05) is 0 Å². The number of aliphatic hydroxyl groups excluding tert-OH is 2. The van der Waals surface area contributed by atoms with Crippen LogP contribution in [-0.2, 0) is 19.1 Å². The number of carbonyl (C=O) groups is 2. The smallest absolute Gasteiger partial charge is 0.309 e. The summed E-state index contributed by atoms with van der Waals surface area (Å²) in [6, 6.07) is 0. The van der Waals surface area contributed by atoms with E-state index in [1.54, 1.807) is 32.1 Å². The van der Waals surface area contributed by atoms with Gasteiger partial charge in [-0.25, -0.2) is 4.98 Å². The zero-order valence-corrected chi connectivity index (χ0v) is 21.9. The highest BCUT2D eigenvalue weighted by Gasteiger charge is 2.52.